The molecule has 0 bridgehead atoms. The van der Waals surface area contributed by atoms with Gasteiger partial charge >= 0.3 is 0 Å². The molecule has 2 rings (SSSR count). The Morgan fingerprint density at radius 1 is 1.10 bits per heavy atom. The number of nitrogens with one attached hydrogen (secondary N) is 1. The van der Waals surface area contributed by atoms with Crippen LogP contribution >= 0.6 is 15.9 Å². The summed E-state index contributed by atoms with van der Waals surface area (Å²) in [7, 11) is 0. The maximum atomic E-state index is 13.1. The van der Waals surface area contributed by atoms with Crippen molar-refractivity contribution in [1.82, 2.24) is 10.2 Å². The normalized spacial score (nSPS) is 12.7. The second kappa shape index (κ2) is 11.2. The van der Waals surface area contributed by atoms with E-state index in [1.807, 2.05) is 70.2 Å². The fourth-order valence-corrected chi connectivity index (χ4v) is 3.36. The summed E-state index contributed by atoms with van der Waals surface area (Å²) in [6.45, 7) is 9.95. The average molecular weight is 475 g/mol. The van der Waals surface area contributed by atoms with Crippen molar-refractivity contribution < 1.29 is 14.3 Å². The average Bonchev–Trinajstić information content (AvgIpc) is 2.72. The van der Waals surface area contributed by atoms with E-state index in [-0.39, 0.29) is 24.5 Å². The first-order chi connectivity index (χ1) is 14.2. The lowest BCUT2D eigenvalue weighted by Gasteiger charge is -2.29. The highest BCUT2D eigenvalue weighted by Crippen LogP contribution is 2.18. The molecule has 162 valence electrons. The number of aryl methyl sites for hydroxylation is 2. The van der Waals surface area contributed by atoms with Gasteiger partial charge in [-0.25, -0.2) is 0 Å². The summed E-state index contributed by atoms with van der Waals surface area (Å²) in [6, 6.07) is 12.9. The van der Waals surface area contributed by atoms with Crippen LogP contribution < -0.4 is 10.1 Å². The molecule has 0 fully saturated rings. The van der Waals surface area contributed by atoms with E-state index < -0.39 is 6.04 Å². The summed E-state index contributed by atoms with van der Waals surface area (Å²) in [5.74, 6) is 0.240. The van der Waals surface area contributed by atoms with Crippen molar-refractivity contribution in [3.63, 3.8) is 0 Å². The monoisotopic (exact) mass is 474 g/mol. The Kier molecular flexibility index (Phi) is 8.90. The highest BCUT2D eigenvalue weighted by Gasteiger charge is 2.27. The van der Waals surface area contributed by atoms with Crippen LogP contribution in [0.15, 0.2) is 46.9 Å². The molecule has 2 atom stereocenters. The minimum atomic E-state index is -0.617. The van der Waals surface area contributed by atoms with Crippen molar-refractivity contribution in [3.8, 4) is 5.75 Å². The van der Waals surface area contributed by atoms with E-state index in [1.54, 1.807) is 11.8 Å². The van der Waals surface area contributed by atoms with Gasteiger partial charge in [0.25, 0.3) is 5.91 Å². The van der Waals surface area contributed by atoms with Crippen LogP contribution in [-0.2, 0) is 16.1 Å². The molecule has 0 heterocycles. The van der Waals surface area contributed by atoms with E-state index in [2.05, 4.69) is 21.2 Å². The third-order valence-electron chi connectivity index (χ3n) is 5.25. The Hall–Kier alpha value is -2.34. The third-order valence-corrected chi connectivity index (χ3v) is 5.74. The van der Waals surface area contributed by atoms with Gasteiger partial charge in [-0.15, -0.1) is 0 Å². The van der Waals surface area contributed by atoms with Gasteiger partial charge in [-0.2, -0.15) is 0 Å². The van der Waals surface area contributed by atoms with Crippen molar-refractivity contribution in [3.05, 3.63) is 63.6 Å². The zero-order valence-electron chi connectivity index (χ0n) is 18.4. The number of hydrogen-bond acceptors (Lipinski definition) is 3. The molecular formula is C24H31BrN2O3. The smallest absolute Gasteiger partial charge is 0.261 e. The number of ether oxygens (including phenoxy) is 1. The fraction of sp³-hybridized carbons (Fsp3) is 0.417. The van der Waals surface area contributed by atoms with Crippen molar-refractivity contribution in [1.29, 1.82) is 0 Å². The van der Waals surface area contributed by atoms with Crippen LogP contribution in [0, 0.1) is 13.8 Å². The first-order valence-corrected chi connectivity index (χ1v) is 11.0. The topological polar surface area (TPSA) is 58.6 Å². The molecular weight excluding hydrogens is 444 g/mol. The van der Waals surface area contributed by atoms with E-state index >= 15 is 0 Å². The minimum absolute atomic E-state index is 0.0505. The lowest BCUT2D eigenvalue weighted by molar-refractivity contribution is -0.142. The first kappa shape index (κ1) is 23.9. The number of amides is 2. The molecule has 1 N–H and O–H groups in total. The molecule has 30 heavy (non-hydrogen) atoms. The van der Waals surface area contributed by atoms with E-state index in [9.17, 15) is 9.59 Å². The lowest BCUT2D eigenvalue weighted by atomic mass is 10.1. The molecule has 0 radical (unpaired) electrons. The largest absolute Gasteiger partial charge is 0.484 e. The number of halogens is 1. The molecule has 2 aromatic carbocycles. The molecule has 5 nitrogen and oxygen atoms in total. The van der Waals surface area contributed by atoms with Crippen LogP contribution in [0.2, 0.25) is 0 Å². The summed E-state index contributed by atoms with van der Waals surface area (Å²) in [4.78, 5) is 27.4. The van der Waals surface area contributed by atoms with Gasteiger partial charge in [0.15, 0.2) is 6.61 Å². The molecule has 0 aliphatic heterocycles. The summed E-state index contributed by atoms with van der Waals surface area (Å²) < 4.78 is 6.67. The van der Waals surface area contributed by atoms with Crippen molar-refractivity contribution >= 4 is 27.7 Å². The zero-order chi connectivity index (χ0) is 22.3. The molecule has 0 saturated carbocycles. The molecule has 0 aliphatic rings. The van der Waals surface area contributed by atoms with Gasteiger partial charge in [0.05, 0.1) is 0 Å². The zero-order valence-corrected chi connectivity index (χ0v) is 20.0. The van der Waals surface area contributed by atoms with Gasteiger partial charge in [-0.1, -0.05) is 41.1 Å². The van der Waals surface area contributed by atoms with Gasteiger partial charge in [0.1, 0.15) is 11.8 Å². The number of nitrogens with zero attached hydrogens (tertiary/aromatic N) is 1. The molecule has 0 aliphatic carbocycles. The Morgan fingerprint density at radius 2 is 1.83 bits per heavy atom. The van der Waals surface area contributed by atoms with Crippen LogP contribution in [0.4, 0.5) is 0 Å². The van der Waals surface area contributed by atoms with Gasteiger partial charge in [0, 0.05) is 17.1 Å². The maximum absolute atomic E-state index is 13.1. The molecule has 0 saturated heterocycles. The Labute approximate surface area is 187 Å². The third kappa shape index (κ3) is 6.87. The van der Waals surface area contributed by atoms with Crippen molar-refractivity contribution in [2.75, 3.05) is 6.61 Å². The molecule has 0 aromatic heterocycles. The Balaban J connectivity index is 2.16. The van der Waals surface area contributed by atoms with Crippen molar-refractivity contribution in [2.45, 2.75) is 59.7 Å². The van der Waals surface area contributed by atoms with Gasteiger partial charge in [-0.3, -0.25) is 9.59 Å². The van der Waals surface area contributed by atoms with Gasteiger partial charge < -0.3 is 15.0 Å². The van der Waals surface area contributed by atoms with Crippen LogP contribution in [0.25, 0.3) is 0 Å². The van der Waals surface area contributed by atoms with Gasteiger partial charge in [0.2, 0.25) is 5.91 Å². The second-order valence-corrected chi connectivity index (χ2v) is 8.60. The summed E-state index contributed by atoms with van der Waals surface area (Å²) in [6.07, 6.45) is 0.827. The Morgan fingerprint density at radius 3 is 2.47 bits per heavy atom. The standard InChI is InChI=1S/C24H31BrN2O3/c1-6-18(4)26-24(29)19(5)27(14-20-8-7-9-21(25)13-20)23(28)15-30-22-11-10-16(2)17(3)12-22/h7-13,18-19H,6,14-15H2,1-5H3,(H,26,29)/t18-,19+/m1/s1. The summed E-state index contributed by atoms with van der Waals surface area (Å²) >= 11 is 3.46. The second-order valence-electron chi connectivity index (χ2n) is 7.68. The van der Waals surface area contributed by atoms with Gasteiger partial charge in [-0.05, 0) is 75.1 Å². The van der Waals surface area contributed by atoms with Crippen LogP contribution in [0.5, 0.6) is 5.75 Å². The SMILES string of the molecule is CC[C@@H](C)NC(=O)[C@H](C)N(Cc1cccc(Br)c1)C(=O)COc1ccc(C)c(C)c1. The molecule has 2 aromatic rings. The molecule has 6 heteroatoms. The molecule has 2 amide bonds. The first-order valence-electron chi connectivity index (χ1n) is 10.3. The quantitative estimate of drug-likeness (QED) is 0.568. The van der Waals surface area contributed by atoms with Crippen molar-refractivity contribution in [2.24, 2.45) is 0 Å². The number of carbonyl (C=O) groups excluding carboxylic acids is 2. The molecule has 0 unspecified atom stereocenters. The number of hydrogen-bond donors (Lipinski definition) is 1. The summed E-state index contributed by atoms with van der Waals surface area (Å²) in [5.41, 5.74) is 3.21. The number of rotatable bonds is 9. The highest BCUT2D eigenvalue weighted by atomic mass is 79.9. The Bertz CT molecular complexity index is 885. The predicted molar refractivity (Wildman–Crippen MR) is 123 cm³/mol. The highest BCUT2D eigenvalue weighted by molar-refractivity contribution is 9.10. The number of benzene rings is 2. The molecule has 0 spiro atoms. The van der Waals surface area contributed by atoms with E-state index in [1.165, 1.54) is 5.56 Å². The minimum Gasteiger partial charge on any atom is -0.484 e. The lowest BCUT2D eigenvalue weighted by Crippen LogP contribution is -2.50. The van der Waals surface area contributed by atoms with E-state index in [0.29, 0.717) is 12.3 Å². The maximum Gasteiger partial charge on any atom is 0.261 e. The van der Waals surface area contributed by atoms with Crippen LogP contribution in [0.3, 0.4) is 0 Å². The van der Waals surface area contributed by atoms with Crippen LogP contribution in [-0.4, -0.2) is 35.4 Å². The van der Waals surface area contributed by atoms with E-state index in [0.717, 1.165) is 22.0 Å². The predicted octanol–water partition coefficient (Wildman–Crippen LogP) is 4.78. The van der Waals surface area contributed by atoms with E-state index in [4.69, 9.17) is 4.74 Å². The summed E-state index contributed by atoms with van der Waals surface area (Å²) in [5, 5.41) is 2.97. The van der Waals surface area contributed by atoms with Crippen LogP contribution in [0.1, 0.15) is 43.9 Å². The number of carbonyl (C=O) groups is 2. The fourth-order valence-electron chi connectivity index (χ4n) is 2.91.